The van der Waals surface area contributed by atoms with Gasteiger partial charge in [0.05, 0.1) is 25.5 Å². The second kappa shape index (κ2) is 49.6. The number of carboxylic acids is 1. The van der Waals surface area contributed by atoms with E-state index in [0.717, 1.165) is 51.3 Å². The Kier molecular flexibility index (Phi) is 39.3. The minimum atomic E-state index is -2.10. The number of amides is 16. The van der Waals surface area contributed by atoms with Crippen LogP contribution in [0.25, 0.3) is 21.7 Å². The van der Waals surface area contributed by atoms with Gasteiger partial charge in [-0.25, -0.2) is 0 Å². The smallest absolute Gasteiger partial charge is 0.303 e. The number of carboxylic acid groups (broad SMARTS) is 1. The summed E-state index contributed by atoms with van der Waals surface area (Å²) in [5.74, 6) is -17.9. The molecule has 2 aliphatic heterocycles. The number of H-pyrrole nitrogens is 1. The molecule has 16 amide bonds. The maximum atomic E-state index is 16.4. The van der Waals surface area contributed by atoms with Crippen molar-refractivity contribution >= 4 is 150 Å². The van der Waals surface area contributed by atoms with Gasteiger partial charge in [-0.1, -0.05) is 100 Å². The number of hydrogen-bond donors (Lipinski definition) is 19. The van der Waals surface area contributed by atoms with Crippen LogP contribution in [0.15, 0.2) is 116 Å². The number of nitrogens with zero attached hydrogens (tertiary/aromatic N) is 2. The first-order valence-electron chi connectivity index (χ1n) is 43.7. The van der Waals surface area contributed by atoms with Crippen LogP contribution in [0.3, 0.4) is 0 Å². The Balaban J connectivity index is 1.22. The van der Waals surface area contributed by atoms with Gasteiger partial charge in [-0.3, -0.25) is 91.3 Å². The van der Waals surface area contributed by atoms with Gasteiger partial charge in [-0.15, -0.1) is 0 Å². The topological polar surface area (TPSA) is 633 Å². The van der Waals surface area contributed by atoms with Crippen molar-refractivity contribution in [1.82, 2.24) is 84.0 Å². The molecule has 0 bridgehead atoms. The first kappa shape index (κ1) is 106. The Bertz CT molecular complexity index is 5270. The molecule has 0 spiro atoms. The van der Waals surface area contributed by atoms with Gasteiger partial charge < -0.3 is 116 Å². The van der Waals surface area contributed by atoms with Crippen LogP contribution in [-0.2, 0) is 117 Å². The zero-order chi connectivity index (χ0) is 98.5. The summed E-state index contributed by atoms with van der Waals surface area (Å²) in [6, 6.07) is 7.74. The Labute approximate surface area is 781 Å². The molecule has 2 saturated heterocycles. The summed E-state index contributed by atoms with van der Waals surface area (Å²) in [5, 5.41) is 57.8. The number of Topliss-reactive ketones (excluding diaryl/α,β-unsaturated/α-hetero) is 1. The van der Waals surface area contributed by atoms with E-state index < -0.39 is 220 Å². The molecule has 22 N–H and O–H groups in total. The number of aliphatic carboxylic acids is 1. The number of ether oxygens (including phenoxy) is 2. The number of fused-ring (bicyclic) bond motifs is 2. The Morgan fingerprint density at radius 3 is 1.89 bits per heavy atom. The number of ketones is 1. The lowest BCUT2D eigenvalue weighted by molar-refractivity contribution is -0.142. The molecule has 724 valence electrons. The predicted octanol–water partition coefficient (Wildman–Crippen LogP) is -1.05. The Morgan fingerprint density at radius 2 is 1.25 bits per heavy atom. The van der Waals surface area contributed by atoms with Crippen molar-refractivity contribution in [2.24, 2.45) is 17.2 Å². The van der Waals surface area contributed by atoms with Crippen LogP contribution in [0.2, 0.25) is 0 Å². The van der Waals surface area contributed by atoms with Gasteiger partial charge in [0.15, 0.2) is 0 Å². The molecule has 43 heteroatoms. The Morgan fingerprint density at radius 1 is 0.634 bits per heavy atom. The molecule has 2 aliphatic rings. The minimum Gasteiger partial charge on any atom is -0.492 e. The van der Waals surface area contributed by atoms with Crippen molar-refractivity contribution in [3.8, 4) is 5.75 Å². The summed E-state index contributed by atoms with van der Waals surface area (Å²) in [5.41, 5.74) is 18.2. The highest BCUT2D eigenvalue weighted by Gasteiger charge is 2.49. The molecule has 2 aromatic heterocycles. The van der Waals surface area contributed by atoms with Crippen LogP contribution >= 0.6 is 21.6 Å². The number of primary amides is 2. The number of hydrogen-bond acceptors (Lipinski definition) is 25. The van der Waals surface area contributed by atoms with Crippen LogP contribution in [0, 0.1) is 6.92 Å². The number of benzene rings is 4. The number of rotatable bonds is 40. The highest BCUT2D eigenvalue weighted by atomic mass is 33.1. The molecule has 12 atom stereocenters. The van der Waals surface area contributed by atoms with Gasteiger partial charge in [-0.2, -0.15) is 0 Å². The zero-order valence-electron chi connectivity index (χ0n) is 76.3. The molecular weight excluding hydrogens is 1780 g/mol. The summed E-state index contributed by atoms with van der Waals surface area (Å²) in [6.45, 7) is 12.2. The molecule has 0 saturated carbocycles. The Hall–Kier alpha value is -13.1. The summed E-state index contributed by atoms with van der Waals surface area (Å²) < 4.78 is 8.27. The summed E-state index contributed by atoms with van der Waals surface area (Å²) in [6.07, 6.45) is -2.46. The number of nitrogens with one attached hydrogen (secondary N) is 14. The molecular formula is C91H121N19O22S2. The van der Waals surface area contributed by atoms with E-state index in [2.05, 4.69) is 79.1 Å². The zero-order valence-corrected chi connectivity index (χ0v) is 78.0. The largest absolute Gasteiger partial charge is 0.492 e. The van der Waals surface area contributed by atoms with Crippen LogP contribution in [-0.4, -0.2) is 265 Å². The van der Waals surface area contributed by atoms with Gasteiger partial charge in [-0.05, 0) is 131 Å². The normalized spacial score (nSPS) is 19.5. The van der Waals surface area contributed by atoms with Crippen LogP contribution in [0.1, 0.15) is 141 Å². The number of carbonyl (C=O) groups is 18. The van der Waals surface area contributed by atoms with Crippen molar-refractivity contribution in [3.63, 3.8) is 0 Å². The number of likely N-dealkylation sites (N-methyl/N-ethyl adjacent to an activating group) is 1. The number of aromatic nitrogens is 2. The molecule has 6 aromatic rings. The fraction of sp³-hybridized carbons (Fsp3) is 0.484. The van der Waals surface area contributed by atoms with E-state index in [-0.39, 0.29) is 96.7 Å². The fourth-order valence-corrected chi connectivity index (χ4v) is 18.1. The molecule has 2 fully saturated rings. The van der Waals surface area contributed by atoms with E-state index in [1.54, 1.807) is 91.1 Å². The number of carbonyl (C=O) groups excluding carboxylic acids is 17. The number of nitrogens with two attached hydrogens (primary N) is 3. The first-order chi connectivity index (χ1) is 63.4. The lowest BCUT2D eigenvalue weighted by Crippen LogP contribution is -2.67. The van der Waals surface area contributed by atoms with Gasteiger partial charge in [0.1, 0.15) is 90.1 Å². The van der Waals surface area contributed by atoms with Crippen molar-refractivity contribution in [2.75, 3.05) is 46.5 Å². The van der Waals surface area contributed by atoms with E-state index in [1.165, 1.54) is 61.0 Å². The van der Waals surface area contributed by atoms with E-state index in [9.17, 15) is 67.7 Å². The summed E-state index contributed by atoms with van der Waals surface area (Å²) in [7, 11) is 3.09. The number of aliphatic hydroxyl groups is 1. The van der Waals surface area contributed by atoms with E-state index >= 15 is 28.8 Å². The monoisotopic (exact) mass is 1900 g/mol. The molecule has 0 unspecified atom stereocenters. The summed E-state index contributed by atoms with van der Waals surface area (Å²) >= 11 is 0. The second-order valence-corrected chi connectivity index (χ2v) is 37.9. The molecule has 4 aromatic carbocycles. The molecule has 8 rings (SSSR count). The number of aryl methyl sites for hydroxylation is 1. The predicted molar refractivity (Wildman–Crippen MR) is 495 cm³/mol. The van der Waals surface area contributed by atoms with E-state index in [1.807, 2.05) is 19.1 Å². The lowest BCUT2D eigenvalue weighted by Gasteiger charge is -2.39. The molecule has 41 nitrogen and oxygen atoms in total. The quantitative estimate of drug-likeness (QED) is 0.0161. The third kappa shape index (κ3) is 31.5. The molecule has 0 radical (unpaired) electrons. The minimum absolute atomic E-state index is 0.0927. The maximum Gasteiger partial charge on any atom is 0.303 e. The van der Waals surface area contributed by atoms with Crippen molar-refractivity contribution in [1.29, 1.82) is 0 Å². The average molecular weight is 1900 g/mol. The highest BCUT2D eigenvalue weighted by molar-refractivity contribution is 8.77. The SMILES string of the molecule is CC(=O)CN(C)C(=O)[C@H](Cc1cccnc1)NC(=O)[C@H](CC(N)=O)NC(=O)[C@H](CCC(=O)O)NC(=O)C1(NC(=O)[C@H](Cc2ccc3ccccc3c2)NC(=O)[C@H](Cc2ccc(OCCN)cc2)NC(=O)[C@H]2NC(=O)[C@H](CCCCNC(C)=O)NC(=O)[C@H](Cc3c[nH]c4c(C)cccc34)NC(=O)[C@H]([C@@H](C)O)NC(=O)[C@H](CC(N)=O)NC(=O)[C@@H](NC(C)=O)C(C)(C)SSC2(C)C)CCOCC1. The summed E-state index contributed by atoms with van der Waals surface area (Å²) in [4.78, 5) is 267. The molecule has 4 heterocycles. The highest BCUT2D eigenvalue weighted by Crippen LogP contribution is 2.47. The number of pyridine rings is 1. The third-order valence-corrected chi connectivity index (χ3v) is 26.7. The molecule has 134 heavy (non-hydrogen) atoms. The van der Waals surface area contributed by atoms with E-state index in [0.29, 0.717) is 44.3 Å². The fourth-order valence-electron chi connectivity index (χ4n) is 15.2. The van der Waals surface area contributed by atoms with Crippen molar-refractivity contribution < 1.29 is 106 Å². The van der Waals surface area contributed by atoms with E-state index in [4.69, 9.17) is 26.7 Å². The van der Waals surface area contributed by atoms with Crippen LogP contribution < -0.4 is 91.1 Å². The maximum absolute atomic E-state index is 16.4. The van der Waals surface area contributed by atoms with Gasteiger partial charge in [0.2, 0.25) is 94.5 Å². The van der Waals surface area contributed by atoms with Gasteiger partial charge in [0, 0.05) is 131 Å². The standard InChI is InChI=1S/C91H121N19O22S2/c1-49-17-15-21-61-59(47-97-73(49)61)43-66-80(122)99-62(22-13-14-35-96-52(4)113)78(120)108-76(90(8,9)134-133-89(6,7)75(98-53(5)114)85(127)104-68(45-71(94)116)82(124)107-74(51(3)112)84(126)102-66)86(128)103-64(40-54-24-27-60(28-25-54)132-38-33-92)79(121)100-65(41-55-23-26-57-19-11-12-20-58(57)39-55)83(125)109-91(31-36-131-37-32-91)88(130)106-63(29-30-72(117)118)77(119)101-67(44-70(93)115)81(123)105-69(42-56-18-16-34-95-46-56)87(129)110(10)48-50(2)111/h11-12,15-21,23-28,34,39,46-47,51,62-69,74-76,97,112H,13-14,22,29-33,35-38,40-45,48,92H2,1-10H3,(H2,93,115)(H2,94,116)(H,96,113)(H,98,114)(H,99,122)(H,100,121)(H,101,119)(H,102,126)(H,103,128)(H,104,127)(H,105,123)(H,106,130)(H,107,124)(H,108,120)(H,109,125)(H,117,118)/t51-,62+,63+,64+,65+,66+,67+,68+,69+,74+,75-,76-/m1/s1. The van der Waals surface area contributed by atoms with Crippen molar-refractivity contribution in [3.05, 3.63) is 143 Å². The van der Waals surface area contributed by atoms with Gasteiger partial charge >= 0.3 is 5.97 Å². The average Bonchev–Trinajstić information content (AvgIpc) is 0.935. The number of aromatic amines is 1. The number of unbranched alkanes of at least 4 members (excludes halogenated alkanes) is 1. The second-order valence-electron chi connectivity index (χ2n) is 34.4. The van der Waals surface area contributed by atoms with Crippen LogP contribution in [0.5, 0.6) is 5.75 Å². The first-order valence-corrected chi connectivity index (χ1v) is 45.9. The number of aliphatic hydroxyl groups excluding tert-OH is 1. The van der Waals surface area contributed by atoms with Crippen molar-refractivity contribution in [2.45, 2.75) is 233 Å². The third-order valence-electron chi connectivity index (χ3n) is 22.4. The lowest BCUT2D eigenvalue weighted by atomic mass is 9.87. The molecule has 0 aliphatic carbocycles. The number of para-hydroxylation sites is 1. The van der Waals surface area contributed by atoms with Gasteiger partial charge in [0.25, 0.3) is 0 Å². The van der Waals surface area contributed by atoms with Crippen LogP contribution in [0.4, 0.5) is 0 Å².